The van der Waals surface area contributed by atoms with Gasteiger partial charge in [0.05, 0.1) is 30.9 Å². The van der Waals surface area contributed by atoms with Crippen LogP contribution in [0.3, 0.4) is 0 Å². The smallest absolute Gasteiger partial charge is 0.291 e. The Morgan fingerprint density at radius 2 is 1.82 bits per heavy atom. The fourth-order valence-corrected chi connectivity index (χ4v) is 4.44. The van der Waals surface area contributed by atoms with Crippen LogP contribution in [0.4, 0.5) is 0 Å². The maximum absolute atomic E-state index is 12.9. The Kier molecular flexibility index (Phi) is 7.24. The zero-order valence-electron chi connectivity index (χ0n) is 19.0. The number of thiazole rings is 1. The van der Waals surface area contributed by atoms with Crippen LogP contribution in [-0.4, -0.2) is 35.4 Å². The molecule has 0 aliphatic heterocycles. The van der Waals surface area contributed by atoms with Gasteiger partial charge in [-0.15, -0.1) is 5.10 Å². The van der Waals surface area contributed by atoms with Crippen LogP contribution in [0.15, 0.2) is 47.3 Å². The van der Waals surface area contributed by atoms with Gasteiger partial charge in [-0.1, -0.05) is 55.7 Å². The number of nitrogens with zero attached hydrogens (tertiary/aromatic N) is 3. The summed E-state index contributed by atoms with van der Waals surface area (Å²) in [5.41, 5.74) is 1.38. The van der Waals surface area contributed by atoms with Gasteiger partial charge in [0.25, 0.3) is 5.56 Å². The molecule has 0 radical (unpaired) electrons. The Morgan fingerprint density at radius 3 is 2.58 bits per heavy atom. The molecule has 0 fully saturated rings. The van der Waals surface area contributed by atoms with Crippen LogP contribution in [0.5, 0.6) is 17.2 Å². The van der Waals surface area contributed by atoms with Gasteiger partial charge in [0.15, 0.2) is 17.3 Å². The molecular weight excluding hydrogens is 438 g/mol. The maximum Gasteiger partial charge on any atom is 0.291 e. The average Bonchev–Trinajstić information content (AvgIpc) is 3.38. The van der Waals surface area contributed by atoms with Gasteiger partial charge in [0, 0.05) is 0 Å². The topological polar surface area (TPSA) is 75.0 Å². The summed E-state index contributed by atoms with van der Waals surface area (Å²) in [5, 5.41) is 4.41. The monoisotopic (exact) mass is 465 g/mol. The minimum atomic E-state index is -0.209. The summed E-state index contributed by atoms with van der Waals surface area (Å²) in [6, 6.07) is 13.1. The van der Waals surface area contributed by atoms with E-state index in [2.05, 4.69) is 17.0 Å². The molecule has 4 rings (SSSR count). The lowest BCUT2D eigenvalue weighted by molar-refractivity contribution is 0.285. The molecule has 2 heterocycles. The molecule has 0 spiro atoms. The number of fused-ring (bicyclic) bond motifs is 1. The summed E-state index contributed by atoms with van der Waals surface area (Å²) in [6.07, 6.45) is 6.40. The van der Waals surface area contributed by atoms with Gasteiger partial charge in [-0.2, -0.15) is 9.50 Å². The first-order chi connectivity index (χ1) is 16.1. The highest BCUT2D eigenvalue weighted by Gasteiger charge is 2.15. The normalized spacial score (nSPS) is 11.8. The van der Waals surface area contributed by atoms with Crippen molar-refractivity contribution in [2.75, 3.05) is 20.8 Å². The summed E-state index contributed by atoms with van der Waals surface area (Å²) >= 11 is 1.30. The fraction of sp³-hybridized carbons (Fsp3) is 0.320. The van der Waals surface area contributed by atoms with Gasteiger partial charge in [0.1, 0.15) is 5.75 Å². The third-order valence-electron chi connectivity index (χ3n) is 5.27. The van der Waals surface area contributed by atoms with E-state index in [9.17, 15) is 4.79 Å². The van der Waals surface area contributed by atoms with Crippen LogP contribution >= 0.6 is 11.3 Å². The molecule has 7 nitrogen and oxygen atoms in total. The van der Waals surface area contributed by atoms with Crippen molar-refractivity contribution in [1.82, 2.24) is 14.6 Å². The molecule has 0 aliphatic rings. The Labute approximate surface area is 196 Å². The summed E-state index contributed by atoms with van der Waals surface area (Å²) in [7, 11) is 3.21. The first-order valence-corrected chi connectivity index (χ1v) is 11.8. The second kappa shape index (κ2) is 10.5. The molecule has 8 heteroatoms. The van der Waals surface area contributed by atoms with E-state index in [1.165, 1.54) is 28.7 Å². The lowest BCUT2D eigenvalue weighted by Crippen LogP contribution is -2.23. The molecule has 0 unspecified atom stereocenters. The Morgan fingerprint density at radius 1 is 1.00 bits per heavy atom. The van der Waals surface area contributed by atoms with Gasteiger partial charge in [-0.3, -0.25) is 4.79 Å². The number of methoxy groups -OCH3 is 2. The maximum atomic E-state index is 12.9. The highest BCUT2D eigenvalue weighted by molar-refractivity contribution is 7.15. The molecular formula is C25H27N3O4S. The number of unbranched alkanes of at least 4 members (excludes halogenated alkanes) is 3. The summed E-state index contributed by atoms with van der Waals surface area (Å²) in [6.45, 7) is 2.85. The van der Waals surface area contributed by atoms with Crippen LogP contribution in [0.2, 0.25) is 0 Å². The number of hydrogen-bond donors (Lipinski definition) is 0. The van der Waals surface area contributed by atoms with Crippen LogP contribution in [0.25, 0.3) is 22.4 Å². The van der Waals surface area contributed by atoms with Crippen molar-refractivity contribution in [3.8, 4) is 28.6 Å². The number of benzene rings is 2. The molecule has 0 aliphatic carbocycles. The standard InChI is InChI=1S/C25H27N3O4S/c1-4-5-6-9-14-32-20-13-12-17(15-21(20)31-3)16-22-24(29)28-25(33-22)26-23(27-28)18-10-7-8-11-19(18)30-2/h7-8,10-13,15-16H,4-6,9,14H2,1-3H3/b22-16-. The first-order valence-electron chi connectivity index (χ1n) is 11.0. The second-order valence-electron chi connectivity index (χ2n) is 7.57. The second-order valence-corrected chi connectivity index (χ2v) is 8.57. The zero-order valence-corrected chi connectivity index (χ0v) is 19.9. The van der Waals surface area contributed by atoms with Crippen LogP contribution in [0, 0.1) is 0 Å². The van der Waals surface area contributed by atoms with Crippen molar-refractivity contribution in [2.24, 2.45) is 0 Å². The fourth-order valence-electron chi connectivity index (χ4n) is 3.53. The third kappa shape index (κ3) is 5.01. The predicted octanol–water partition coefficient (Wildman–Crippen LogP) is 4.34. The van der Waals surface area contributed by atoms with Crippen molar-refractivity contribution >= 4 is 22.4 Å². The Bertz CT molecular complexity index is 1350. The van der Waals surface area contributed by atoms with Gasteiger partial charge in [-0.05, 0) is 42.3 Å². The van der Waals surface area contributed by atoms with E-state index in [-0.39, 0.29) is 5.56 Å². The van der Waals surface area contributed by atoms with E-state index >= 15 is 0 Å². The Balaban J connectivity index is 1.59. The average molecular weight is 466 g/mol. The van der Waals surface area contributed by atoms with Crippen LogP contribution in [0.1, 0.15) is 38.2 Å². The minimum absolute atomic E-state index is 0.209. The molecule has 0 bridgehead atoms. The molecule has 0 atom stereocenters. The molecule has 33 heavy (non-hydrogen) atoms. The van der Waals surface area contributed by atoms with E-state index < -0.39 is 0 Å². The van der Waals surface area contributed by atoms with Gasteiger partial charge < -0.3 is 14.2 Å². The molecule has 2 aromatic heterocycles. The van der Waals surface area contributed by atoms with Crippen LogP contribution in [-0.2, 0) is 0 Å². The lowest BCUT2D eigenvalue weighted by atomic mass is 10.2. The first kappa shape index (κ1) is 22.8. The summed E-state index contributed by atoms with van der Waals surface area (Å²) < 4.78 is 18.7. The predicted molar refractivity (Wildman–Crippen MR) is 131 cm³/mol. The number of para-hydroxylation sites is 1. The van der Waals surface area contributed by atoms with Crippen molar-refractivity contribution in [3.05, 3.63) is 62.9 Å². The van der Waals surface area contributed by atoms with Crippen molar-refractivity contribution in [3.63, 3.8) is 0 Å². The molecule has 4 aromatic rings. The minimum Gasteiger partial charge on any atom is -0.496 e. The Hall–Kier alpha value is -3.39. The number of rotatable bonds is 10. The summed E-state index contributed by atoms with van der Waals surface area (Å²) in [5.74, 6) is 2.47. The molecule has 0 saturated carbocycles. The van der Waals surface area contributed by atoms with E-state index in [1.54, 1.807) is 14.2 Å². The zero-order chi connectivity index (χ0) is 23.2. The third-order valence-corrected chi connectivity index (χ3v) is 6.23. The summed E-state index contributed by atoms with van der Waals surface area (Å²) in [4.78, 5) is 18.0. The van der Waals surface area contributed by atoms with E-state index in [1.807, 2.05) is 48.5 Å². The molecule has 2 aromatic carbocycles. The van der Waals surface area contributed by atoms with Gasteiger partial charge in [-0.25, -0.2) is 0 Å². The van der Waals surface area contributed by atoms with Gasteiger partial charge >= 0.3 is 0 Å². The van der Waals surface area contributed by atoms with Crippen molar-refractivity contribution < 1.29 is 14.2 Å². The molecule has 0 amide bonds. The van der Waals surface area contributed by atoms with E-state index in [4.69, 9.17) is 14.2 Å². The quantitative estimate of drug-likeness (QED) is 0.324. The van der Waals surface area contributed by atoms with Gasteiger partial charge in [0.2, 0.25) is 4.96 Å². The molecule has 0 saturated heterocycles. The van der Waals surface area contributed by atoms with Crippen molar-refractivity contribution in [1.29, 1.82) is 0 Å². The lowest BCUT2D eigenvalue weighted by Gasteiger charge is -2.11. The number of ether oxygens (including phenoxy) is 3. The number of hydrogen-bond acceptors (Lipinski definition) is 7. The van der Waals surface area contributed by atoms with Crippen molar-refractivity contribution in [2.45, 2.75) is 32.6 Å². The number of aromatic nitrogens is 3. The highest BCUT2D eigenvalue weighted by atomic mass is 32.1. The SMILES string of the molecule is CCCCCCOc1ccc(/C=c2\sc3nc(-c4ccccc4OC)nn3c2=O)cc1OC. The highest BCUT2D eigenvalue weighted by Crippen LogP contribution is 2.29. The largest absolute Gasteiger partial charge is 0.496 e. The van der Waals surface area contributed by atoms with E-state index in [0.717, 1.165) is 24.0 Å². The molecule has 172 valence electrons. The van der Waals surface area contributed by atoms with Crippen LogP contribution < -0.4 is 24.3 Å². The van der Waals surface area contributed by atoms with E-state index in [0.29, 0.717) is 39.2 Å². The molecule has 0 N–H and O–H groups in total.